The van der Waals surface area contributed by atoms with Crippen LogP contribution < -0.4 is 4.90 Å². The van der Waals surface area contributed by atoms with Crippen LogP contribution in [0.2, 0.25) is 0 Å². The Morgan fingerprint density at radius 1 is 1.03 bits per heavy atom. The van der Waals surface area contributed by atoms with Gasteiger partial charge < -0.3 is 9.80 Å². The lowest BCUT2D eigenvalue weighted by Crippen LogP contribution is -2.57. The van der Waals surface area contributed by atoms with Gasteiger partial charge in [-0.15, -0.1) is 0 Å². The van der Waals surface area contributed by atoms with Crippen molar-refractivity contribution in [3.8, 4) is 17.2 Å². The lowest BCUT2D eigenvalue weighted by molar-refractivity contribution is -0.135. The van der Waals surface area contributed by atoms with E-state index in [2.05, 4.69) is 51.2 Å². The molecule has 3 heterocycles. The van der Waals surface area contributed by atoms with Gasteiger partial charge in [0.25, 0.3) is 0 Å². The minimum atomic E-state index is 0.250. The van der Waals surface area contributed by atoms with Crippen LogP contribution in [0.15, 0.2) is 42.7 Å². The molecule has 3 aromatic rings. The van der Waals surface area contributed by atoms with Gasteiger partial charge in [-0.2, -0.15) is 5.26 Å². The number of nitriles is 1. The van der Waals surface area contributed by atoms with Gasteiger partial charge in [-0.25, -0.2) is 4.98 Å². The molecule has 4 aliphatic rings. The number of rotatable bonds is 5. The molecule has 6 nitrogen and oxygen atoms in total. The molecule has 1 saturated heterocycles. The van der Waals surface area contributed by atoms with Crippen LogP contribution in [0.4, 0.5) is 5.82 Å². The highest BCUT2D eigenvalue weighted by Gasteiger charge is 2.45. The van der Waals surface area contributed by atoms with E-state index in [1.807, 2.05) is 12.4 Å². The Labute approximate surface area is 205 Å². The summed E-state index contributed by atoms with van der Waals surface area (Å²) >= 11 is 0. The van der Waals surface area contributed by atoms with Gasteiger partial charge in [0.15, 0.2) is 0 Å². The number of nitrogens with zero attached hydrogens (tertiary/aromatic N) is 5. The first-order valence-electron chi connectivity index (χ1n) is 13.0. The van der Waals surface area contributed by atoms with Crippen molar-refractivity contribution < 1.29 is 4.79 Å². The Balaban J connectivity index is 1.28. The Bertz CT molecular complexity index is 1360. The second kappa shape index (κ2) is 8.05. The molecule has 176 valence electrons. The molecule has 35 heavy (non-hydrogen) atoms. The minimum Gasteiger partial charge on any atom is -0.352 e. The molecule has 0 unspecified atom stereocenters. The fourth-order valence-corrected chi connectivity index (χ4v) is 5.81. The van der Waals surface area contributed by atoms with Gasteiger partial charge in [0.1, 0.15) is 11.9 Å². The van der Waals surface area contributed by atoms with Crippen LogP contribution in [-0.4, -0.2) is 46.5 Å². The van der Waals surface area contributed by atoms with E-state index in [0.717, 1.165) is 78.7 Å². The van der Waals surface area contributed by atoms with E-state index < -0.39 is 0 Å². The molecule has 1 aliphatic heterocycles. The third-order valence-electron chi connectivity index (χ3n) is 8.18. The molecule has 0 spiro atoms. The Morgan fingerprint density at radius 2 is 1.89 bits per heavy atom. The third-order valence-corrected chi connectivity index (χ3v) is 8.18. The molecule has 4 fully saturated rings. The van der Waals surface area contributed by atoms with E-state index in [9.17, 15) is 10.1 Å². The number of aromatic nitrogens is 2. The Hall–Kier alpha value is -3.46. The highest BCUT2D eigenvalue weighted by molar-refractivity contribution is 5.97. The Kier molecular flexibility index (Phi) is 4.80. The average molecular weight is 464 g/mol. The summed E-state index contributed by atoms with van der Waals surface area (Å²) in [6, 6.07) is 13.1. The molecule has 0 N–H and O–H groups in total. The monoisotopic (exact) mass is 463 g/mol. The number of amides is 1. The van der Waals surface area contributed by atoms with Gasteiger partial charge in [-0.05, 0) is 67.5 Å². The molecule has 0 radical (unpaired) electrons. The summed E-state index contributed by atoms with van der Waals surface area (Å²) in [4.78, 5) is 26.9. The molecule has 2 aromatic heterocycles. The van der Waals surface area contributed by atoms with Crippen LogP contribution in [0.1, 0.15) is 55.7 Å². The molecule has 7 rings (SSSR count). The highest BCUT2D eigenvalue weighted by atomic mass is 16.2. The maximum atomic E-state index is 13.0. The van der Waals surface area contributed by atoms with Gasteiger partial charge in [0, 0.05) is 54.8 Å². The fraction of sp³-hybridized carbons (Fsp3) is 0.448. The molecule has 1 atom stereocenters. The largest absolute Gasteiger partial charge is 0.352 e. The lowest BCUT2D eigenvalue weighted by Gasteiger charge is -2.43. The SMILES string of the molecule is N#Cc1cc(-c2cccc3cnccc23)c(C2CC2)nc1N1CCN(C(=O)C2CC2)[C@H](C2CC2)C1. The number of carbonyl (C=O) groups is 1. The van der Waals surface area contributed by atoms with E-state index in [0.29, 0.717) is 23.3 Å². The van der Waals surface area contributed by atoms with E-state index in [1.54, 1.807) is 0 Å². The normalized spacial score (nSPS) is 22.3. The maximum Gasteiger partial charge on any atom is 0.226 e. The average Bonchev–Trinajstić information content (AvgIpc) is 3.75. The van der Waals surface area contributed by atoms with Gasteiger partial charge >= 0.3 is 0 Å². The van der Waals surface area contributed by atoms with Crippen LogP contribution in [0, 0.1) is 23.2 Å². The predicted octanol–water partition coefficient (Wildman–Crippen LogP) is 4.88. The molecule has 3 saturated carbocycles. The van der Waals surface area contributed by atoms with Crippen molar-refractivity contribution in [3.63, 3.8) is 0 Å². The van der Waals surface area contributed by atoms with E-state index >= 15 is 0 Å². The zero-order chi connectivity index (χ0) is 23.5. The first kappa shape index (κ1) is 20.9. The van der Waals surface area contributed by atoms with E-state index in [4.69, 9.17) is 4.98 Å². The van der Waals surface area contributed by atoms with Crippen molar-refractivity contribution in [1.82, 2.24) is 14.9 Å². The second-order valence-electron chi connectivity index (χ2n) is 10.7. The van der Waals surface area contributed by atoms with Crippen molar-refractivity contribution in [3.05, 3.63) is 54.0 Å². The molecule has 6 heteroatoms. The van der Waals surface area contributed by atoms with Gasteiger partial charge in [-0.3, -0.25) is 9.78 Å². The van der Waals surface area contributed by atoms with Crippen molar-refractivity contribution >= 4 is 22.5 Å². The molecule has 0 bridgehead atoms. The van der Waals surface area contributed by atoms with Crippen molar-refractivity contribution in [1.29, 1.82) is 5.26 Å². The van der Waals surface area contributed by atoms with Crippen LogP contribution in [0.5, 0.6) is 0 Å². The van der Waals surface area contributed by atoms with Gasteiger partial charge in [0.05, 0.1) is 17.3 Å². The highest BCUT2D eigenvalue weighted by Crippen LogP contribution is 2.46. The quantitative estimate of drug-likeness (QED) is 0.539. The first-order chi connectivity index (χ1) is 17.2. The summed E-state index contributed by atoms with van der Waals surface area (Å²) < 4.78 is 0. The van der Waals surface area contributed by atoms with Crippen molar-refractivity contribution in [2.75, 3.05) is 24.5 Å². The van der Waals surface area contributed by atoms with Gasteiger partial charge in [0.2, 0.25) is 5.91 Å². The number of hydrogen-bond acceptors (Lipinski definition) is 5. The van der Waals surface area contributed by atoms with Crippen molar-refractivity contribution in [2.24, 2.45) is 11.8 Å². The Morgan fingerprint density at radius 3 is 2.63 bits per heavy atom. The number of hydrogen-bond donors (Lipinski definition) is 0. The number of benzene rings is 1. The lowest BCUT2D eigenvalue weighted by atomic mass is 9.95. The number of anilines is 1. The van der Waals surface area contributed by atoms with Crippen LogP contribution in [0.25, 0.3) is 21.9 Å². The van der Waals surface area contributed by atoms with E-state index in [-0.39, 0.29) is 12.0 Å². The van der Waals surface area contributed by atoms with Gasteiger partial charge in [-0.1, -0.05) is 18.2 Å². The molecule has 1 amide bonds. The molecular weight excluding hydrogens is 434 g/mol. The zero-order valence-corrected chi connectivity index (χ0v) is 19.9. The number of carbonyl (C=O) groups excluding carboxylic acids is 1. The maximum absolute atomic E-state index is 13.0. The summed E-state index contributed by atoms with van der Waals surface area (Å²) in [5, 5.41) is 12.4. The molecule has 1 aromatic carbocycles. The van der Waals surface area contributed by atoms with E-state index in [1.165, 1.54) is 12.8 Å². The van der Waals surface area contributed by atoms with Crippen LogP contribution in [0.3, 0.4) is 0 Å². The topological polar surface area (TPSA) is 73.1 Å². The smallest absolute Gasteiger partial charge is 0.226 e. The third kappa shape index (κ3) is 3.74. The number of piperazine rings is 1. The summed E-state index contributed by atoms with van der Waals surface area (Å²) in [7, 11) is 0. The summed E-state index contributed by atoms with van der Waals surface area (Å²) in [6.07, 6.45) is 10.5. The number of fused-ring (bicyclic) bond motifs is 1. The second-order valence-corrected chi connectivity index (χ2v) is 10.7. The first-order valence-corrected chi connectivity index (χ1v) is 13.0. The zero-order valence-electron chi connectivity index (χ0n) is 19.9. The summed E-state index contributed by atoms with van der Waals surface area (Å²) in [5.41, 5.74) is 3.94. The fourth-order valence-electron chi connectivity index (χ4n) is 5.81. The van der Waals surface area contributed by atoms with Crippen LogP contribution in [-0.2, 0) is 4.79 Å². The number of pyridine rings is 2. The van der Waals surface area contributed by atoms with Crippen LogP contribution >= 0.6 is 0 Å². The minimum absolute atomic E-state index is 0.250. The summed E-state index contributed by atoms with van der Waals surface area (Å²) in [6.45, 7) is 2.26. The summed E-state index contributed by atoms with van der Waals surface area (Å²) in [5.74, 6) is 2.47. The van der Waals surface area contributed by atoms with Crippen molar-refractivity contribution in [2.45, 2.75) is 50.5 Å². The molecule has 3 aliphatic carbocycles. The standard InChI is InChI=1S/C29H29N5O/c30-15-22-14-25(24-3-1-2-21-16-31-11-10-23(21)24)27(19-6-7-19)32-28(22)33-12-13-34(29(35)20-8-9-20)26(17-33)18-4-5-18/h1-3,10-11,14,16,18-20,26H,4-9,12-13,17H2/t26-/m0/s1. The molecular formula is C29H29N5O. The predicted molar refractivity (Wildman–Crippen MR) is 135 cm³/mol.